The lowest BCUT2D eigenvalue weighted by molar-refractivity contribution is 0.632. The molecule has 0 amide bonds. The highest BCUT2D eigenvalue weighted by molar-refractivity contribution is 5.88. The van der Waals surface area contributed by atoms with Crippen LogP contribution < -0.4 is 11.3 Å². The van der Waals surface area contributed by atoms with Crippen LogP contribution in [0.4, 0.5) is 5.82 Å². The van der Waals surface area contributed by atoms with Gasteiger partial charge in [0, 0.05) is 7.05 Å². The Bertz CT molecular complexity index is 1530. The van der Waals surface area contributed by atoms with Crippen LogP contribution in [0.1, 0.15) is 24.4 Å². The molecule has 0 aliphatic heterocycles. The molecule has 1 saturated carbocycles. The molecule has 160 valence electrons. The van der Waals surface area contributed by atoms with E-state index in [1.165, 1.54) is 19.2 Å². The van der Waals surface area contributed by atoms with Gasteiger partial charge in [0.1, 0.15) is 30.0 Å². The number of nitrogen functional groups attached to an aromatic ring is 1. The van der Waals surface area contributed by atoms with E-state index < -0.39 is 0 Å². The maximum atomic E-state index is 13.5. The molecule has 1 aromatic carbocycles. The third-order valence-corrected chi connectivity index (χ3v) is 5.95. The van der Waals surface area contributed by atoms with Gasteiger partial charge in [0.15, 0.2) is 11.2 Å². The van der Waals surface area contributed by atoms with E-state index in [0.29, 0.717) is 34.2 Å². The van der Waals surface area contributed by atoms with Crippen molar-refractivity contribution in [2.45, 2.75) is 25.8 Å². The number of aromatic nitrogens is 8. The van der Waals surface area contributed by atoms with E-state index >= 15 is 0 Å². The van der Waals surface area contributed by atoms with E-state index in [1.54, 1.807) is 27.2 Å². The van der Waals surface area contributed by atoms with Crippen molar-refractivity contribution in [1.82, 2.24) is 39.1 Å². The molecule has 0 saturated heterocycles. The molecule has 10 heteroatoms. The van der Waals surface area contributed by atoms with Crippen LogP contribution in [0.3, 0.4) is 0 Å². The molecule has 1 fully saturated rings. The van der Waals surface area contributed by atoms with Crippen LogP contribution in [0.5, 0.6) is 0 Å². The summed E-state index contributed by atoms with van der Waals surface area (Å²) in [4.78, 5) is 26.9. The van der Waals surface area contributed by atoms with E-state index in [9.17, 15) is 4.79 Å². The Morgan fingerprint density at radius 3 is 2.75 bits per heavy atom. The van der Waals surface area contributed by atoms with E-state index in [2.05, 4.69) is 15.1 Å². The number of rotatable bonds is 5. The zero-order valence-electron chi connectivity index (χ0n) is 17.5. The first-order valence-electron chi connectivity index (χ1n) is 10.5. The van der Waals surface area contributed by atoms with Crippen LogP contribution in [-0.2, 0) is 20.0 Å². The molecule has 1 aliphatic carbocycles. The predicted molar refractivity (Wildman–Crippen MR) is 119 cm³/mol. The quantitative estimate of drug-likeness (QED) is 0.454. The Hall–Kier alpha value is -4.08. The van der Waals surface area contributed by atoms with Gasteiger partial charge in [0.05, 0.1) is 23.0 Å². The molecule has 0 bridgehead atoms. The van der Waals surface area contributed by atoms with Crippen LogP contribution in [-0.4, -0.2) is 39.1 Å². The van der Waals surface area contributed by atoms with Crippen molar-refractivity contribution >= 4 is 27.9 Å². The molecular formula is C22H21N9O. The first-order chi connectivity index (χ1) is 15.6. The number of nitrogens with zero attached hydrogens (tertiary/aromatic N) is 8. The molecule has 10 nitrogen and oxygen atoms in total. The predicted octanol–water partition coefficient (Wildman–Crippen LogP) is 1.84. The number of para-hydroxylation sites is 1. The van der Waals surface area contributed by atoms with Crippen LogP contribution in [0.2, 0.25) is 0 Å². The van der Waals surface area contributed by atoms with Crippen LogP contribution in [0.25, 0.3) is 27.8 Å². The van der Waals surface area contributed by atoms with Crippen molar-refractivity contribution in [2.75, 3.05) is 5.73 Å². The van der Waals surface area contributed by atoms with Gasteiger partial charge in [-0.15, -0.1) is 0 Å². The molecule has 32 heavy (non-hydrogen) atoms. The third kappa shape index (κ3) is 2.95. The summed E-state index contributed by atoms with van der Waals surface area (Å²) in [6.07, 6.45) is 6.30. The van der Waals surface area contributed by atoms with E-state index in [1.807, 2.05) is 30.3 Å². The lowest BCUT2D eigenvalue weighted by atomic mass is 10.1. The van der Waals surface area contributed by atoms with Gasteiger partial charge in [0.2, 0.25) is 0 Å². The zero-order chi connectivity index (χ0) is 21.8. The second-order valence-corrected chi connectivity index (χ2v) is 8.22. The average molecular weight is 427 g/mol. The van der Waals surface area contributed by atoms with Gasteiger partial charge in [0.25, 0.3) is 5.56 Å². The van der Waals surface area contributed by atoms with Gasteiger partial charge in [-0.25, -0.2) is 19.6 Å². The molecule has 0 spiro atoms. The maximum Gasteiger partial charge on any atom is 0.284 e. The molecule has 1 aliphatic rings. The molecule has 4 aromatic heterocycles. The average Bonchev–Trinajstić information content (AvgIpc) is 3.43. The summed E-state index contributed by atoms with van der Waals surface area (Å²) >= 11 is 0. The highest BCUT2D eigenvalue weighted by Crippen LogP contribution is 2.35. The summed E-state index contributed by atoms with van der Waals surface area (Å²) in [6.45, 7) is 0.257. The minimum Gasteiger partial charge on any atom is -0.383 e. The lowest BCUT2D eigenvalue weighted by Crippen LogP contribution is -2.26. The number of aryl methyl sites for hydroxylation is 1. The Labute approximate surface area is 182 Å². The molecule has 0 atom stereocenters. The molecule has 2 N–H and O–H groups in total. The van der Waals surface area contributed by atoms with Gasteiger partial charge in [-0.05, 0) is 37.3 Å². The van der Waals surface area contributed by atoms with Crippen LogP contribution in [0, 0.1) is 5.92 Å². The van der Waals surface area contributed by atoms with Crippen molar-refractivity contribution in [2.24, 2.45) is 13.0 Å². The fourth-order valence-corrected chi connectivity index (χ4v) is 4.20. The molecule has 4 heterocycles. The lowest BCUT2D eigenvalue weighted by Gasteiger charge is -2.13. The summed E-state index contributed by atoms with van der Waals surface area (Å²) in [7, 11) is 1.74. The minimum atomic E-state index is -0.181. The highest BCUT2D eigenvalue weighted by Gasteiger charge is 2.26. The Kier molecular flexibility index (Phi) is 4.07. The Morgan fingerprint density at radius 1 is 1.16 bits per heavy atom. The van der Waals surface area contributed by atoms with E-state index in [0.717, 1.165) is 23.2 Å². The molecular weight excluding hydrogens is 406 g/mol. The zero-order valence-corrected chi connectivity index (χ0v) is 17.5. The van der Waals surface area contributed by atoms with Gasteiger partial charge < -0.3 is 5.73 Å². The standard InChI is InChI=1S/C22H21N9O/c1-29-19-16(10-26-29)27-17(31(22(19)32)14-5-3-2-4-6-14)11-30-21-18(20(23)24-12-25-21)15(28-30)9-13-7-8-13/h2-6,10,12-13H,7-9,11H2,1H3,(H2,23,24,25). The van der Waals surface area contributed by atoms with Crippen LogP contribution >= 0.6 is 0 Å². The molecule has 5 aromatic rings. The fourth-order valence-electron chi connectivity index (χ4n) is 4.20. The largest absolute Gasteiger partial charge is 0.383 e. The number of hydrogen-bond donors (Lipinski definition) is 1. The van der Waals surface area contributed by atoms with Gasteiger partial charge >= 0.3 is 0 Å². The first-order valence-corrected chi connectivity index (χ1v) is 10.5. The summed E-state index contributed by atoms with van der Waals surface area (Å²) in [5.41, 5.74) is 9.28. The third-order valence-electron chi connectivity index (χ3n) is 5.95. The Morgan fingerprint density at radius 2 is 1.97 bits per heavy atom. The monoisotopic (exact) mass is 427 g/mol. The van der Waals surface area contributed by atoms with Crippen molar-refractivity contribution < 1.29 is 0 Å². The molecule has 0 radical (unpaired) electrons. The van der Waals surface area contributed by atoms with Crippen molar-refractivity contribution in [3.8, 4) is 5.69 Å². The fraction of sp³-hybridized carbons (Fsp3) is 0.273. The highest BCUT2D eigenvalue weighted by atomic mass is 16.1. The topological polar surface area (TPSA) is 122 Å². The van der Waals surface area contributed by atoms with Gasteiger partial charge in [-0.3, -0.25) is 14.0 Å². The number of fused-ring (bicyclic) bond motifs is 2. The normalized spacial score (nSPS) is 13.9. The SMILES string of the molecule is Cn1ncc2nc(Cn3nc(CC4CC4)c4c(N)ncnc43)n(-c3ccccc3)c(=O)c21. The maximum absolute atomic E-state index is 13.5. The van der Waals surface area contributed by atoms with Crippen LogP contribution in [0.15, 0.2) is 47.7 Å². The summed E-state index contributed by atoms with van der Waals surface area (Å²) in [5.74, 6) is 1.60. The smallest absolute Gasteiger partial charge is 0.284 e. The Balaban J connectivity index is 1.56. The van der Waals surface area contributed by atoms with E-state index in [-0.39, 0.29) is 12.1 Å². The van der Waals surface area contributed by atoms with Gasteiger partial charge in [-0.1, -0.05) is 18.2 Å². The summed E-state index contributed by atoms with van der Waals surface area (Å²) in [6, 6.07) is 9.46. The second-order valence-electron chi connectivity index (χ2n) is 8.22. The number of anilines is 1. The van der Waals surface area contributed by atoms with Crippen molar-refractivity contribution in [1.29, 1.82) is 0 Å². The minimum absolute atomic E-state index is 0.181. The summed E-state index contributed by atoms with van der Waals surface area (Å²) < 4.78 is 4.94. The number of nitrogens with two attached hydrogens (primary N) is 1. The number of benzene rings is 1. The van der Waals surface area contributed by atoms with Crippen molar-refractivity contribution in [3.63, 3.8) is 0 Å². The molecule has 0 unspecified atom stereocenters. The van der Waals surface area contributed by atoms with Gasteiger partial charge in [-0.2, -0.15) is 10.2 Å². The summed E-state index contributed by atoms with van der Waals surface area (Å²) in [5, 5.41) is 9.85. The molecule has 6 rings (SSSR count). The number of hydrogen-bond acceptors (Lipinski definition) is 7. The van der Waals surface area contributed by atoms with Crippen molar-refractivity contribution in [3.05, 3.63) is 64.7 Å². The second kappa shape index (κ2) is 6.98. The first kappa shape index (κ1) is 18.7. The van der Waals surface area contributed by atoms with E-state index in [4.69, 9.17) is 15.8 Å².